The summed E-state index contributed by atoms with van der Waals surface area (Å²) in [7, 11) is -3.29. The quantitative estimate of drug-likeness (QED) is 0.813. The van der Waals surface area contributed by atoms with E-state index in [0.717, 1.165) is 6.26 Å². The Morgan fingerprint density at radius 2 is 1.76 bits per heavy atom. The van der Waals surface area contributed by atoms with Crippen molar-refractivity contribution in [2.24, 2.45) is 0 Å². The Morgan fingerprint density at radius 3 is 2.35 bits per heavy atom. The van der Waals surface area contributed by atoms with Gasteiger partial charge in [0.15, 0.2) is 9.84 Å². The zero-order valence-corrected chi connectivity index (χ0v) is 10.2. The molecule has 0 bridgehead atoms. The average Bonchev–Trinajstić information content (AvgIpc) is 2.24. The second kappa shape index (κ2) is 3.63. The van der Waals surface area contributed by atoms with Crippen molar-refractivity contribution >= 4 is 20.6 Å². The molecule has 17 heavy (non-hydrogen) atoms. The number of phenols is 2. The molecule has 90 valence electrons. The van der Waals surface area contributed by atoms with Crippen molar-refractivity contribution in [2.45, 2.75) is 11.8 Å². The zero-order chi connectivity index (χ0) is 12.8. The average molecular weight is 252 g/mol. The van der Waals surface area contributed by atoms with Gasteiger partial charge in [-0.1, -0.05) is 0 Å². The molecule has 4 nitrogen and oxygen atoms in total. The Labute approximate surface area is 99.1 Å². The zero-order valence-electron chi connectivity index (χ0n) is 9.43. The van der Waals surface area contributed by atoms with Crippen LogP contribution >= 0.6 is 0 Å². The monoisotopic (exact) mass is 252 g/mol. The van der Waals surface area contributed by atoms with E-state index in [1.54, 1.807) is 6.92 Å². The van der Waals surface area contributed by atoms with Crippen LogP contribution in [0.2, 0.25) is 0 Å². The summed E-state index contributed by atoms with van der Waals surface area (Å²) in [5.74, 6) is -0.0827. The maximum atomic E-state index is 11.4. The molecular weight excluding hydrogens is 240 g/mol. The third kappa shape index (κ3) is 1.93. The molecule has 0 aliphatic rings. The predicted molar refractivity (Wildman–Crippen MR) is 65.1 cm³/mol. The van der Waals surface area contributed by atoms with Gasteiger partial charge in [0, 0.05) is 17.2 Å². The van der Waals surface area contributed by atoms with E-state index < -0.39 is 9.84 Å². The second-order valence-electron chi connectivity index (χ2n) is 4.02. The van der Waals surface area contributed by atoms with Crippen LogP contribution in [0.25, 0.3) is 10.8 Å². The topological polar surface area (TPSA) is 74.6 Å². The highest BCUT2D eigenvalue weighted by molar-refractivity contribution is 7.90. The summed E-state index contributed by atoms with van der Waals surface area (Å²) in [6.07, 6.45) is 1.11. The SMILES string of the molecule is Cc1c(O)cc2cc(S(C)(=O)=O)ccc2c1O. The van der Waals surface area contributed by atoms with Gasteiger partial charge in [0.25, 0.3) is 0 Å². The van der Waals surface area contributed by atoms with Gasteiger partial charge in [0.1, 0.15) is 11.5 Å². The summed E-state index contributed by atoms with van der Waals surface area (Å²) in [5.41, 5.74) is 0.379. The molecule has 0 radical (unpaired) electrons. The summed E-state index contributed by atoms with van der Waals surface area (Å²) in [4.78, 5) is 0.160. The lowest BCUT2D eigenvalue weighted by Gasteiger charge is -2.08. The number of fused-ring (bicyclic) bond motifs is 1. The lowest BCUT2D eigenvalue weighted by Crippen LogP contribution is -1.96. The Kier molecular flexibility index (Phi) is 2.50. The van der Waals surface area contributed by atoms with Crippen LogP contribution in [-0.4, -0.2) is 24.9 Å². The standard InChI is InChI=1S/C12H12O4S/c1-7-11(13)6-8-5-9(17(2,15)16)3-4-10(8)12(7)14/h3-6,13-14H,1-2H3. The van der Waals surface area contributed by atoms with E-state index in [-0.39, 0.29) is 16.4 Å². The predicted octanol–water partition coefficient (Wildman–Crippen LogP) is 1.96. The fourth-order valence-electron chi connectivity index (χ4n) is 1.69. The third-order valence-electron chi connectivity index (χ3n) is 2.74. The van der Waals surface area contributed by atoms with Crippen molar-refractivity contribution < 1.29 is 18.6 Å². The lowest BCUT2D eigenvalue weighted by atomic mass is 10.1. The van der Waals surface area contributed by atoms with Crippen LogP contribution in [0.3, 0.4) is 0 Å². The highest BCUT2D eigenvalue weighted by Crippen LogP contribution is 2.35. The van der Waals surface area contributed by atoms with Crippen LogP contribution in [0.1, 0.15) is 5.56 Å². The molecule has 0 saturated carbocycles. The van der Waals surface area contributed by atoms with Gasteiger partial charge in [-0.05, 0) is 36.6 Å². The molecule has 2 rings (SSSR count). The minimum atomic E-state index is -3.29. The summed E-state index contributed by atoms with van der Waals surface area (Å²) >= 11 is 0. The minimum Gasteiger partial charge on any atom is -0.508 e. The van der Waals surface area contributed by atoms with Gasteiger partial charge in [0.05, 0.1) is 4.90 Å². The van der Waals surface area contributed by atoms with Gasteiger partial charge in [0.2, 0.25) is 0 Å². The lowest BCUT2D eigenvalue weighted by molar-refractivity contribution is 0.448. The molecule has 0 spiro atoms. The van der Waals surface area contributed by atoms with Crippen molar-refractivity contribution in [1.29, 1.82) is 0 Å². The molecular formula is C12H12O4S. The van der Waals surface area contributed by atoms with E-state index >= 15 is 0 Å². The van der Waals surface area contributed by atoms with Gasteiger partial charge in [-0.3, -0.25) is 0 Å². The first-order valence-corrected chi connectivity index (χ1v) is 6.85. The number of aromatic hydroxyl groups is 2. The first-order valence-electron chi connectivity index (χ1n) is 4.96. The van der Waals surface area contributed by atoms with Gasteiger partial charge in [-0.15, -0.1) is 0 Å². The summed E-state index contributed by atoms with van der Waals surface area (Å²) in [5, 5.41) is 20.4. The van der Waals surface area contributed by atoms with E-state index in [1.807, 2.05) is 0 Å². The van der Waals surface area contributed by atoms with Crippen LogP contribution < -0.4 is 0 Å². The highest BCUT2D eigenvalue weighted by atomic mass is 32.2. The van der Waals surface area contributed by atoms with Crippen molar-refractivity contribution in [3.05, 3.63) is 29.8 Å². The van der Waals surface area contributed by atoms with Crippen LogP contribution in [0.4, 0.5) is 0 Å². The molecule has 2 N–H and O–H groups in total. The minimum absolute atomic E-state index is 0.0277. The first-order chi connectivity index (χ1) is 7.80. The summed E-state index contributed by atoms with van der Waals surface area (Å²) in [6, 6.07) is 5.85. The van der Waals surface area contributed by atoms with Crippen LogP contribution in [0.15, 0.2) is 29.2 Å². The number of phenolic OH excluding ortho intramolecular Hbond substituents is 2. The Hall–Kier alpha value is -1.75. The van der Waals surface area contributed by atoms with Crippen molar-refractivity contribution in [3.8, 4) is 11.5 Å². The number of sulfone groups is 1. The van der Waals surface area contributed by atoms with E-state index in [4.69, 9.17) is 0 Å². The highest BCUT2D eigenvalue weighted by Gasteiger charge is 2.12. The van der Waals surface area contributed by atoms with Crippen molar-refractivity contribution in [3.63, 3.8) is 0 Å². The van der Waals surface area contributed by atoms with Crippen LogP contribution in [-0.2, 0) is 9.84 Å². The molecule has 0 aromatic heterocycles. The van der Waals surface area contributed by atoms with Crippen LogP contribution in [0, 0.1) is 6.92 Å². The molecule has 2 aromatic carbocycles. The molecule has 0 atom stereocenters. The van der Waals surface area contributed by atoms with E-state index in [9.17, 15) is 18.6 Å². The fraction of sp³-hybridized carbons (Fsp3) is 0.167. The van der Waals surface area contributed by atoms with Gasteiger partial charge in [-0.2, -0.15) is 0 Å². The van der Waals surface area contributed by atoms with Crippen LogP contribution in [0.5, 0.6) is 11.5 Å². The second-order valence-corrected chi connectivity index (χ2v) is 6.04. The van der Waals surface area contributed by atoms with Gasteiger partial charge < -0.3 is 10.2 Å². The largest absolute Gasteiger partial charge is 0.508 e. The molecule has 5 heteroatoms. The molecule has 0 saturated heterocycles. The Bertz CT molecular complexity index is 702. The summed E-state index contributed by atoms with van der Waals surface area (Å²) in [6.45, 7) is 1.59. The van der Waals surface area contributed by atoms with Gasteiger partial charge in [-0.25, -0.2) is 8.42 Å². The first kappa shape index (κ1) is 11.7. The van der Waals surface area contributed by atoms with E-state index in [0.29, 0.717) is 16.3 Å². The van der Waals surface area contributed by atoms with E-state index in [1.165, 1.54) is 24.3 Å². The maximum absolute atomic E-state index is 11.4. The molecule has 0 unspecified atom stereocenters. The number of rotatable bonds is 1. The molecule has 0 fully saturated rings. The fourth-order valence-corrected chi connectivity index (χ4v) is 2.34. The number of hydrogen-bond acceptors (Lipinski definition) is 4. The number of hydrogen-bond donors (Lipinski definition) is 2. The molecule has 0 amide bonds. The maximum Gasteiger partial charge on any atom is 0.175 e. The van der Waals surface area contributed by atoms with Crippen molar-refractivity contribution in [1.82, 2.24) is 0 Å². The summed E-state index contributed by atoms with van der Waals surface area (Å²) < 4.78 is 22.8. The molecule has 0 heterocycles. The van der Waals surface area contributed by atoms with Gasteiger partial charge >= 0.3 is 0 Å². The number of benzene rings is 2. The normalized spacial score (nSPS) is 11.9. The molecule has 0 aliphatic heterocycles. The van der Waals surface area contributed by atoms with E-state index in [2.05, 4.69) is 0 Å². The molecule has 2 aromatic rings. The molecule has 0 aliphatic carbocycles. The van der Waals surface area contributed by atoms with Crippen molar-refractivity contribution in [2.75, 3.05) is 6.26 Å². The Morgan fingerprint density at radius 1 is 1.12 bits per heavy atom. The smallest absolute Gasteiger partial charge is 0.175 e. The third-order valence-corrected chi connectivity index (χ3v) is 3.85. The Balaban J connectivity index is 2.85.